The lowest BCUT2D eigenvalue weighted by atomic mass is 9.94. The second-order valence-electron chi connectivity index (χ2n) is 6.17. The van der Waals surface area contributed by atoms with Gasteiger partial charge in [-0.25, -0.2) is 0 Å². The first-order valence-corrected chi connectivity index (χ1v) is 7.31. The average molecular weight is 247 g/mol. The van der Waals surface area contributed by atoms with E-state index in [1.54, 1.807) is 0 Å². The second kappa shape index (κ2) is 7.58. The van der Waals surface area contributed by atoms with Crippen LogP contribution in [-0.4, -0.2) is 6.04 Å². The Morgan fingerprint density at radius 2 is 1.50 bits per heavy atom. The maximum Gasteiger partial charge on any atom is 0.0345 e. The van der Waals surface area contributed by atoms with Crippen LogP contribution in [0.3, 0.4) is 0 Å². The minimum absolute atomic E-state index is 0.466. The molecule has 0 aliphatic heterocycles. The Morgan fingerprint density at radius 3 is 2.00 bits per heavy atom. The third-order valence-corrected chi connectivity index (χ3v) is 3.47. The molecule has 0 aliphatic rings. The second-order valence-corrected chi connectivity index (χ2v) is 6.17. The normalized spacial score (nSPS) is 15.1. The highest BCUT2D eigenvalue weighted by Crippen LogP contribution is 2.22. The molecular formula is C17H29N. The molecule has 1 nitrogen and oxygen atoms in total. The van der Waals surface area contributed by atoms with Crippen molar-refractivity contribution in [1.82, 2.24) is 5.32 Å². The van der Waals surface area contributed by atoms with Crippen LogP contribution >= 0.6 is 0 Å². The zero-order valence-corrected chi connectivity index (χ0v) is 12.6. The van der Waals surface area contributed by atoms with Crippen LogP contribution in [0.15, 0.2) is 30.3 Å². The van der Waals surface area contributed by atoms with E-state index in [-0.39, 0.29) is 0 Å². The summed E-state index contributed by atoms with van der Waals surface area (Å²) in [5.41, 5.74) is 1.41. The number of hydrogen-bond acceptors (Lipinski definition) is 1. The summed E-state index contributed by atoms with van der Waals surface area (Å²) in [5.74, 6) is 1.41. The summed E-state index contributed by atoms with van der Waals surface area (Å²) in [7, 11) is 0. The van der Waals surface area contributed by atoms with Gasteiger partial charge >= 0.3 is 0 Å². The minimum Gasteiger partial charge on any atom is -0.307 e. The van der Waals surface area contributed by atoms with Crippen molar-refractivity contribution in [2.24, 2.45) is 11.8 Å². The molecule has 1 aromatic carbocycles. The summed E-state index contributed by atoms with van der Waals surface area (Å²) in [4.78, 5) is 0. The largest absolute Gasteiger partial charge is 0.307 e. The van der Waals surface area contributed by atoms with Crippen LogP contribution in [0.2, 0.25) is 0 Å². The number of hydrogen-bond donors (Lipinski definition) is 1. The predicted octanol–water partition coefficient (Wildman–Crippen LogP) is 4.80. The maximum atomic E-state index is 3.79. The van der Waals surface area contributed by atoms with Crippen molar-refractivity contribution >= 4 is 0 Å². The van der Waals surface area contributed by atoms with Gasteiger partial charge in [-0.15, -0.1) is 0 Å². The molecule has 0 radical (unpaired) electrons. The molecule has 0 aliphatic carbocycles. The minimum atomic E-state index is 0.466. The van der Waals surface area contributed by atoms with E-state index in [1.807, 2.05) is 0 Å². The number of rotatable bonds is 7. The summed E-state index contributed by atoms with van der Waals surface area (Å²) in [6.07, 6.45) is 2.56. The standard InChI is InChI=1S/C17H29N/c1-13(2)11-12-15(5)18-17(14(3)4)16-9-7-6-8-10-16/h6-10,13-15,17-18H,11-12H2,1-5H3. The number of benzene rings is 1. The molecular weight excluding hydrogens is 218 g/mol. The highest BCUT2D eigenvalue weighted by molar-refractivity contribution is 5.19. The average Bonchev–Trinajstić information content (AvgIpc) is 2.34. The fraction of sp³-hybridized carbons (Fsp3) is 0.647. The van der Waals surface area contributed by atoms with Crippen LogP contribution in [0.5, 0.6) is 0 Å². The van der Waals surface area contributed by atoms with Gasteiger partial charge in [0.05, 0.1) is 0 Å². The van der Waals surface area contributed by atoms with Gasteiger partial charge in [0.25, 0.3) is 0 Å². The van der Waals surface area contributed by atoms with E-state index in [0.717, 1.165) is 5.92 Å². The summed E-state index contributed by atoms with van der Waals surface area (Å²) in [6.45, 7) is 11.5. The van der Waals surface area contributed by atoms with Crippen molar-refractivity contribution in [3.63, 3.8) is 0 Å². The fourth-order valence-corrected chi connectivity index (χ4v) is 2.31. The van der Waals surface area contributed by atoms with E-state index in [0.29, 0.717) is 18.0 Å². The third-order valence-electron chi connectivity index (χ3n) is 3.47. The van der Waals surface area contributed by atoms with Crippen molar-refractivity contribution in [2.45, 2.75) is 59.5 Å². The molecule has 0 saturated carbocycles. The van der Waals surface area contributed by atoms with Gasteiger partial charge in [0.2, 0.25) is 0 Å². The van der Waals surface area contributed by atoms with E-state index in [9.17, 15) is 0 Å². The molecule has 1 aromatic rings. The van der Waals surface area contributed by atoms with Crippen LogP contribution in [0.4, 0.5) is 0 Å². The lowest BCUT2D eigenvalue weighted by Gasteiger charge is -2.27. The monoisotopic (exact) mass is 247 g/mol. The molecule has 1 rings (SSSR count). The molecule has 1 heteroatoms. The van der Waals surface area contributed by atoms with E-state index in [1.165, 1.54) is 18.4 Å². The zero-order valence-electron chi connectivity index (χ0n) is 12.6. The Labute approximate surface area is 113 Å². The molecule has 2 atom stereocenters. The predicted molar refractivity (Wildman–Crippen MR) is 80.7 cm³/mol. The number of nitrogens with one attached hydrogen (secondary N) is 1. The first kappa shape index (κ1) is 15.2. The summed E-state index contributed by atoms with van der Waals surface area (Å²) < 4.78 is 0. The smallest absolute Gasteiger partial charge is 0.0345 e. The molecule has 0 bridgehead atoms. The molecule has 0 saturated heterocycles. The van der Waals surface area contributed by atoms with E-state index < -0.39 is 0 Å². The first-order chi connectivity index (χ1) is 8.50. The van der Waals surface area contributed by atoms with Gasteiger partial charge in [-0.2, -0.15) is 0 Å². The third kappa shape index (κ3) is 5.22. The Morgan fingerprint density at radius 1 is 0.889 bits per heavy atom. The summed E-state index contributed by atoms with van der Waals surface area (Å²) in [6, 6.07) is 11.9. The molecule has 102 valence electrons. The molecule has 0 heterocycles. The van der Waals surface area contributed by atoms with Crippen molar-refractivity contribution in [1.29, 1.82) is 0 Å². The first-order valence-electron chi connectivity index (χ1n) is 7.31. The van der Waals surface area contributed by atoms with Gasteiger partial charge in [-0.05, 0) is 37.2 Å². The van der Waals surface area contributed by atoms with Gasteiger partial charge in [0, 0.05) is 12.1 Å². The van der Waals surface area contributed by atoms with Crippen molar-refractivity contribution in [3.05, 3.63) is 35.9 Å². The molecule has 0 amide bonds. The molecule has 2 unspecified atom stereocenters. The lowest BCUT2D eigenvalue weighted by Crippen LogP contribution is -2.33. The highest BCUT2D eigenvalue weighted by Gasteiger charge is 2.17. The van der Waals surface area contributed by atoms with Gasteiger partial charge in [0.15, 0.2) is 0 Å². The molecule has 0 fully saturated rings. The Hall–Kier alpha value is -0.820. The van der Waals surface area contributed by atoms with Crippen LogP contribution in [0.1, 0.15) is 59.1 Å². The highest BCUT2D eigenvalue weighted by atomic mass is 14.9. The summed E-state index contributed by atoms with van der Waals surface area (Å²) in [5, 5.41) is 3.79. The SMILES string of the molecule is CC(C)CCC(C)NC(c1ccccc1)C(C)C. The van der Waals surface area contributed by atoms with Crippen molar-refractivity contribution in [2.75, 3.05) is 0 Å². The fourth-order valence-electron chi connectivity index (χ4n) is 2.31. The Bertz CT molecular complexity index is 316. The van der Waals surface area contributed by atoms with E-state index in [4.69, 9.17) is 0 Å². The van der Waals surface area contributed by atoms with Crippen molar-refractivity contribution in [3.8, 4) is 0 Å². The van der Waals surface area contributed by atoms with Gasteiger partial charge < -0.3 is 5.32 Å². The summed E-state index contributed by atoms with van der Waals surface area (Å²) >= 11 is 0. The van der Waals surface area contributed by atoms with E-state index in [2.05, 4.69) is 70.3 Å². The van der Waals surface area contributed by atoms with Crippen LogP contribution in [0, 0.1) is 11.8 Å². The lowest BCUT2D eigenvalue weighted by molar-refractivity contribution is 0.346. The molecule has 0 aromatic heterocycles. The van der Waals surface area contributed by atoms with Gasteiger partial charge in [-0.3, -0.25) is 0 Å². The van der Waals surface area contributed by atoms with E-state index >= 15 is 0 Å². The van der Waals surface area contributed by atoms with Gasteiger partial charge in [-0.1, -0.05) is 58.0 Å². The Kier molecular flexibility index (Phi) is 6.42. The quantitative estimate of drug-likeness (QED) is 0.730. The zero-order chi connectivity index (χ0) is 13.5. The topological polar surface area (TPSA) is 12.0 Å². The maximum absolute atomic E-state index is 3.79. The van der Waals surface area contributed by atoms with Crippen molar-refractivity contribution < 1.29 is 0 Å². The molecule has 0 spiro atoms. The van der Waals surface area contributed by atoms with Crippen LogP contribution in [-0.2, 0) is 0 Å². The van der Waals surface area contributed by atoms with Gasteiger partial charge in [0.1, 0.15) is 0 Å². The van der Waals surface area contributed by atoms with Crippen LogP contribution in [0.25, 0.3) is 0 Å². The molecule has 18 heavy (non-hydrogen) atoms. The Balaban J connectivity index is 2.59. The molecule has 1 N–H and O–H groups in total. The van der Waals surface area contributed by atoms with Crippen LogP contribution < -0.4 is 5.32 Å².